The van der Waals surface area contributed by atoms with Crippen molar-refractivity contribution in [3.05, 3.63) is 59.7 Å². The van der Waals surface area contributed by atoms with E-state index < -0.39 is 0 Å². The van der Waals surface area contributed by atoms with Gasteiger partial charge in [-0.15, -0.1) is 0 Å². The summed E-state index contributed by atoms with van der Waals surface area (Å²) in [5.41, 5.74) is 4.05. The molecule has 0 aromatic heterocycles. The number of nitriles is 1. The Morgan fingerprint density at radius 3 is 2.59 bits per heavy atom. The van der Waals surface area contributed by atoms with Crippen LogP contribution in [0.25, 0.3) is 0 Å². The summed E-state index contributed by atoms with van der Waals surface area (Å²) in [6, 6.07) is 18.5. The van der Waals surface area contributed by atoms with E-state index in [2.05, 4.69) is 33.7 Å². The fourth-order valence-electron chi connectivity index (χ4n) is 2.71. The van der Waals surface area contributed by atoms with Crippen molar-refractivity contribution in [3.63, 3.8) is 0 Å². The van der Waals surface area contributed by atoms with Crippen LogP contribution in [0.5, 0.6) is 0 Å². The van der Waals surface area contributed by atoms with Crippen molar-refractivity contribution in [1.29, 1.82) is 5.26 Å². The molecule has 2 aromatic carbocycles. The number of hydrogen-bond donors (Lipinski definition) is 2. The van der Waals surface area contributed by atoms with Crippen molar-refractivity contribution in [2.45, 2.75) is 6.54 Å². The molecule has 0 saturated carbocycles. The zero-order valence-corrected chi connectivity index (χ0v) is 12.5. The van der Waals surface area contributed by atoms with E-state index in [-0.39, 0.29) is 0 Å². The SMILES string of the molecule is N#Cc1ccc(N2CCNCC2)cc1CNc1ccccc1. The second kappa shape index (κ2) is 6.97. The van der Waals surface area contributed by atoms with E-state index in [9.17, 15) is 5.26 Å². The lowest BCUT2D eigenvalue weighted by molar-refractivity contribution is 0.589. The molecule has 0 unspecified atom stereocenters. The van der Waals surface area contributed by atoms with Gasteiger partial charge >= 0.3 is 0 Å². The summed E-state index contributed by atoms with van der Waals surface area (Å²) in [6.07, 6.45) is 0. The van der Waals surface area contributed by atoms with Crippen LogP contribution in [0.15, 0.2) is 48.5 Å². The monoisotopic (exact) mass is 292 g/mol. The van der Waals surface area contributed by atoms with E-state index >= 15 is 0 Å². The van der Waals surface area contributed by atoms with Gasteiger partial charge in [0, 0.05) is 44.1 Å². The molecule has 2 aromatic rings. The average Bonchev–Trinajstić information content (AvgIpc) is 2.61. The highest BCUT2D eigenvalue weighted by atomic mass is 15.2. The first-order chi connectivity index (χ1) is 10.9. The second-order valence-corrected chi connectivity index (χ2v) is 5.41. The highest BCUT2D eigenvalue weighted by Crippen LogP contribution is 2.21. The van der Waals surface area contributed by atoms with Gasteiger partial charge in [-0.05, 0) is 35.9 Å². The number of nitrogens with zero attached hydrogens (tertiary/aromatic N) is 2. The van der Waals surface area contributed by atoms with Gasteiger partial charge in [0.2, 0.25) is 0 Å². The summed E-state index contributed by atoms with van der Waals surface area (Å²) in [6.45, 7) is 4.71. The Kier molecular flexibility index (Phi) is 4.57. The van der Waals surface area contributed by atoms with Crippen molar-refractivity contribution in [3.8, 4) is 6.07 Å². The summed E-state index contributed by atoms with van der Waals surface area (Å²) in [5, 5.41) is 16.1. The minimum atomic E-state index is 0.660. The molecule has 0 aliphatic carbocycles. The second-order valence-electron chi connectivity index (χ2n) is 5.41. The number of benzene rings is 2. The minimum Gasteiger partial charge on any atom is -0.381 e. The molecule has 0 atom stereocenters. The molecular formula is C18H20N4. The smallest absolute Gasteiger partial charge is 0.0995 e. The Labute approximate surface area is 131 Å². The van der Waals surface area contributed by atoms with Crippen LogP contribution in [0.2, 0.25) is 0 Å². The van der Waals surface area contributed by atoms with Gasteiger partial charge in [-0.25, -0.2) is 0 Å². The minimum absolute atomic E-state index is 0.660. The molecule has 0 radical (unpaired) electrons. The van der Waals surface area contributed by atoms with Gasteiger partial charge < -0.3 is 15.5 Å². The highest BCUT2D eigenvalue weighted by Gasteiger charge is 2.12. The Morgan fingerprint density at radius 2 is 1.86 bits per heavy atom. The third kappa shape index (κ3) is 3.38. The summed E-state index contributed by atoms with van der Waals surface area (Å²) < 4.78 is 0. The van der Waals surface area contributed by atoms with Gasteiger partial charge in [0.25, 0.3) is 0 Å². The molecule has 4 heteroatoms. The third-order valence-corrected chi connectivity index (χ3v) is 3.95. The molecule has 112 valence electrons. The predicted octanol–water partition coefficient (Wildman–Crippen LogP) is 2.58. The number of anilines is 2. The molecule has 0 amide bonds. The normalized spacial score (nSPS) is 14.4. The number of nitrogens with one attached hydrogen (secondary N) is 2. The first kappa shape index (κ1) is 14.4. The van der Waals surface area contributed by atoms with E-state index in [0.29, 0.717) is 6.54 Å². The number of rotatable bonds is 4. The van der Waals surface area contributed by atoms with Crippen LogP contribution in [0.1, 0.15) is 11.1 Å². The van der Waals surface area contributed by atoms with Crippen molar-refractivity contribution < 1.29 is 0 Å². The van der Waals surface area contributed by atoms with Crippen molar-refractivity contribution >= 4 is 11.4 Å². The summed E-state index contributed by atoms with van der Waals surface area (Å²) in [7, 11) is 0. The number of piperazine rings is 1. The Morgan fingerprint density at radius 1 is 1.09 bits per heavy atom. The zero-order chi connectivity index (χ0) is 15.2. The van der Waals surface area contributed by atoms with Crippen LogP contribution in [0, 0.1) is 11.3 Å². The molecule has 0 spiro atoms. The van der Waals surface area contributed by atoms with E-state index in [1.807, 2.05) is 36.4 Å². The molecule has 1 saturated heterocycles. The van der Waals surface area contributed by atoms with E-state index in [1.54, 1.807) is 0 Å². The van der Waals surface area contributed by atoms with Crippen molar-refractivity contribution in [2.24, 2.45) is 0 Å². The molecular weight excluding hydrogens is 272 g/mol. The Hall–Kier alpha value is -2.51. The number of hydrogen-bond acceptors (Lipinski definition) is 4. The Bertz CT molecular complexity index is 655. The lowest BCUT2D eigenvalue weighted by atomic mass is 10.1. The molecule has 22 heavy (non-hydrogen) atoms. The first-order valence-electron chi connectivity index (χ1n) is 7.64. The fraction of sp³-hybridized carbons (Fsp3) is 0.278. The van der Waals surface area contributed by atoms with E-state index in [4.69, 9.17) is 0 Å². The molecule has 1 heterocycles. The maximum Gasteiger partial charge on any atom is 0.0995 e. The number of para-hydroxylation sites is 1. The van der Waals surface area contributed by atoms with Crippen LogP contribution < -0.4 is 15.5 Å². The third-order valence-electron chi connectivity index (χ3n) is 3.95. The molecule has 2 N–H and O–H groups in total. The van der Waals surface area contributed by atoms with E-state index in [1.165, 1.54) is 5.69 Å². The maximum absolute atomic E-state index is 9.32. The van der Waals surface area contributed by atoms with Crippen molar-refractivity contribution in [2.75, 3.05) is 36.4 Å². The van der Waals surface area contributed by atoms with Crippen LogP contribution >= 0.6 is 0 Å². The standard InChI is InChI=1S/C18H20N4/c19-13-15-6-7-18(22-10-8-20-9-11-22)12-16(15)14-21-17-4-2-1-3-5-17/h1-7,12,20-21H,8-11,14H2. The molecule has 1 aliphatic rings. The van der Waals surface area contributed by atoms with Crippen LogP contribution in [-0.2, 0) is 6.54 Å². The quantitative estimate of drug-likeness (QED) is 0.909. The Balaban J connectivity index is 1.77. The van der Waals surface area contributed by atoms with Gasteiger partial charge in [-0.3, -0.25) is 0 Å². The van der Waals surface area contributed by atoms with Gasteiger partial charge in [0.1, 0.15) is 0 Å². The zero-order valence-electron chi connectivity index (χ0n) is 12.5. The summed E-state index contributed by atoms with van der Waals surface area (Å²) >= 11 is 0. The lowest BCUT2D eigenvalue weighted by Crippen LogP contribution is -2.43. The first-order valence-corrected chi connectivity index (χ1v) is 7.64. The predicted molar refractivity (Wildman–Crippen MR) is 90.0 cm³/mol. The maximum atomic E-state index is 9.32. The fourth-order valence-corrected chi connectivity index (χ4v) is 2.71. The molecule has 0 bridgehead atoms. The van der Waals surface area contributed by atoms with Gasteiger partial charge in [-0.2, -0.15) is 5.26 Å². The van der Waals surface area contributed by atoms with Crippen LogP contribution in [0.3, 0.4) is 0 Å². The average molecular weight is 292 g/mol. The van der Waals surface area contributed by atoms with E-state index in [0.717, 1.165) is 43.0 Å². The molecule has 4 nitrogen and oxygen atoms in total. The molecule has 1 aliphatic heterocycles. The largest absolute Gasteiger partial charge is 0.381 e. The summed E-state index contributed by atoms with van der Waals surface area (Å²) in [4.78, 5) is 2.36. The molecule has 1 fully saturated rings. The van der Waals surface area contributed by atoms with Gasteiger partial charge in [0.05, 0.1) is 11.6 Å². The van der Waals surface area contributed by atoms with Crippen LogP contribution in [0.4, 0.5) is 11.4 Å². The van der Waals surface area contributed by atoms with Gasteiger partial charge in [-0.1, -0.05) is 18.2 Å². The van der Waals surface area contributed by atoms with Gasteiger partial charge in [0.15, 0.2) is 0 Å². The summed E-state index contributed by atoms with van der Waals surface area (Å²) in [5.74, 6) is 0. The lowest BCUT2D eigenvalue weighted by Gasteiger charge is -2.30. The topological polar surface area (TPSA) is 51.1 Å². The molecule has 3 rings (SSSR count). The highest BCUT2D eigenvalue weighted by molar-refractivity contribution is 5.55. The van der Waals surface area contributed by atoms with Crippen LogP contribution in [-0.4, -0.2) is 26.2 Å². The van der Waals surface area contributed by atoms with Crippen molar-refractivity contribution in [1.82, 2.24) is 5.32 Å².